The molecule has 0 radical (unpaired) electrons. The van der Waals surface area contributed by atoms with Crippen LogP contribution in [0.25, 0.3) is 0 Å². The predicted molar refractivity (Wildman–Crippen MR) is 84.0 cm³/mol. The van der Waals surface area contributed by atoms with Crippen LogP contribution >= 0.6 is 0 Å². The molecule has 2 amide bonds. The van der Waals surface area contributed by atoms with Gasteiger partial charge in [-0.3, -0.25) is 0 Å². The summed E-state index contributed by atoms with van der Waals surface area (Å²) in [7, 11) is 1.80. The van der Waals surface area contributed by atoms with E-state index in [1.54, 1.807) is 11.9 Å². The summed E-state index contributed by atoms with van der Waals surface area (Å²) in [4.78, 5) is 13.8. The number of hydrogen-bond acceptors (Lipinski definition) is 2. The van der Waals surface area contributed by atoms with E-state index in [2.05, 4.69) is 5.32 Å². The first-order valence-electron chi connectivity index (χ1n) is 7.79. The molecule has 2 unspecified atom stereocenters. The topological polar surface area (TPSA) is 52.6 Å². The lowest BCUT2D eigenvalue weighted by Gasteiger charge is -2.31. The third kappa shape index (κ3) is 4.46. The fourth-order valence-corrected chi connectivity index (χ4v) is 2.95. The van der Waals surface area contributed by atoms with Crippen LogP contribution < -0.4 is 5.32 Å². The first kappa shape index (κ1) is 15.8. The monoisotopic (exact) mass is 290 g/mol. The Morgan fingerprint density at radius 1 is 1.33 bits per heavy atom. The van der Waals surface area contributed by atoms with Gasteiger partial charge in [0.25, 0.3) is 0 Å². The van der Waals surface area contributed by atoms with Crippen molar-refractivity contribution in [2.75, 3.05) is 13.6 Å². The number of carbonyl (C=O) groups excluding carboxylic acids is 1. The third-order valence-electron chi connectivity index (χ3n) is 4.42. The van der Waals surface area contributed by atoms with Crippen molar-refractivity contribution in [3.63, 3.8) is 0 Å². The van der Waals surface area contributed by atoms with Gasteiger partial charge in [0, 0.05) is 26.1 Å². The van der Waals surface area contributed by atoms with Crippen LogP contribution in [0.1, 0.15) is 36.8 Å². The molecule has 0 aliphatic heterocycles. The summed E-state index contributed by atoms with van der Waals surface area (Å²) in [5.41, 5.74) is 2.32. The van der Waals surface area contributed by atoms with Gasteiger partial charge in [0.15, 0.2) is 0 Å². The van der Waals surface area contributed by atoms with E-state index in [9.17, 15) is 9.90 Å². The minimum absolute atomic E-state index is 0.0731. The number of urea groups is 1. The minimum Gasteiger partial charge on any atom is -0.393 e. The summed E-state index contributed by atoms with van der Waals surface area (Å²) in [5, 5.41) is 12.9. The zero-order chi connectivity index (χ0) is 15.2. The highest BCUT2D eigenvalue weighted by Gasteiger charge is 2.25. The van der Waals surface area contributed by atoms with Gasteiger partial charge in [-0.05, 0) is 30.9 Å². The number of rotatable bonds is 4. The standard InChI is InChI=1S/C17H26N2O2/c1-13-7-3-4-8-14(13)11-18-17(21)19(2)12-15-9-5-6-10-16(15)20/h3-4,7-8,15-16,20H,5-6,9-12H2,1-2H3,(H,18,21). The third-order valence-corrected chi connectivity index (χ3v) is 4.42. The molecule has 4 heteroatoms. The summed E-state index contributed by atoms with van der Waals surface area (Å²) in [6.45, 7) is 3.22. The fourth-order valence-electron chi connectivity index (χ4n) is 2.95. The Hall–Kier alpha value is -1.55. The average molecular weight is 290 g/mol. The van der Waals surface area contributed by atoms with E-state index in [-0.39, 0.29) is 18.1 Å². The van der Waals surface area contributed by atoms with Crippen LogP contribution in [0, 0.1) is 12.8 Å². The van der Waals surface area contributed by atoms with Crippen LogP contribution in [0.2, 0.25) is 0 Å². The van der Waals surface area contributed by atoms with Crippen LogP contribution in [-0.4, -0.2) is 35.7 Å². The molecule has 0 spiro atoms. The number of hydrogen-bond donors (Lipinski definition) is 2. The zero-order valence-electron chi connectivity index (χ0n) is 13.0. The van der Waals surface area contributed by atoms with Crippen molar-refractivity contribution in [1.29, 1.82) is 0 Å². The van der Waals surface area contributed by atoms with E-state index in [0.29, 0.717) is 13.1 Å². The second-order valence-electron chi connectivity index (χ2n) is 6.08. The molecule has 1 aromatic rings. The molecule has 1 saturated carbocycles. The first-order valence-corrected chi connectivity index (χ1v) is 7.79. The molecule has 0 bridgehead atoms. The smallest absolute Gasteiger partial charge is 0.317 e. The maximum Gasteiger partial charge on any atom is 0.317 e. The molecule has 1 aliphatic rings. The van der Waals surface area contributed by atoms with Gasteiger partial charge in [-0.25, -0.2) is 4.79 Å². The fraction of sp³-hybridized carbons (Fsp3) is 0.588. The summed E-state index contributed by atoms with van der Waals surface area (Å²) in [6.07, 6.45) is 3.87. The molecule has 116 valence electrons. The minimum atomic E-state index is -0.259. The molecule has 1 aliphatic carbocycles. The van der Waals surface area contributed by atoms with E-state index < -0.39 is 0 Å². The van der Waals surface area contributed by atoms with E-state index in [4.69, 9.17) is 0 Å². The van der Waals surface area contributed by atoms with Crippen molar-refractivity contribution in [2.24, 2.45) is 5.92 Å². The lowest BCUT2D eigenvalue weighted by molar-refractivity contribution is 0.0565. The van der Waals surface area contributed by atoms with Crippen molar-refractivity contribution in [3.8, 4) is 0 Å². The summed E-state index contributed by atoms with van der Waals surface area (Å²) < 4.78 is 0. The number of benzene rings is 1. The second-order valence-corrected chi connectivity index (χ2v) is 6.08. The van der Waals surface area contributed by atoms with Crippen LogP contribution in [0.5, 0.6) is 0 Å². The Labute approximate surface area is 127 Å². The molecule has 0 aromatic heterocycles. The van der Waals surface area contributed by atoms with Crippen molar-refractivity contribution in [2.45, 2.75) is 45.3 Å². The van der Waals surface area contributed by atoms with Gasteiger partial charge >= 0.3 is 6.03 Å². The first-order chi connectivity index (χ1) is 10.1. The van der Waals surface area contributed by atoms with E-state index in [0.717, 1.165) is 31.2 Å². The molecule has 2 rings (SSSR count). The molecule has 0 saturated heterocycles. The zero-order valence-corrected chi connectivity index (χ0v) is 13.0. The van der Waals surface area contributed by atoms with Gasteiger partial charge in [-0.1, -0.05) is 37.1 Å². The van der Waals surface area contributed by atoms with Crippen molar-refractivity contribution < 1.29 is 9.90 Å². The normalized spacial score (nSPS) is 21.9. The van der Waals surface area contributed by atoms with E-state index >= 15 is 0 Å². The highest BCUT2D eigenvalue weighted by Crippen LogP contribution is 2.24. The molecule has 1 fully saturated rings. The second kappa shape index (κ2) is 7.46. The van der Waals surface area contributed by atoms with E-state index in [1.807, 2.05) is 31.2 Å². The highest BCUT2D eigenvalue weighted by molar-refractivity contribution is 5.73. The largest absolute Gasteiger partial charge is 0.393 e. The van der Waals surface area contributed by atoms with Gasteiger partial charge in [0.1, 0.15) is 0 Å². The van der Waals surface area contributed by atoms with Gasteiger partial charge in [-0.15, -0.1) is 0 Å². The van der Waals surface area contributed by atoms with Gasteiger partial charge in [0.05, 0.1) is 6.10 Å². The summed E-state index contributed by atoms with van der Waals surface area (Å²) in [5.74, 6) is 0.216. The van der Waals surface area contributed by atoms with Crippen molar-refractivity contribution in [1.82, 2.24) is 10.2 Å². The number of carbonyl (C=O) groups is 1. The maximum atomic E-state index is 12.1. The number of aliphatic hydroxyl groups excluding tert-OH is 1. The van der Waals surface area contributed by atoms with Crippen LogP contribution in [0.3, 0.4) is 0 Å². The highest BCUT2D eigenvalue weighted by atomic mass is 16.3. The maximum absolute atomic E-state index is 12.1. The number of nitrogens with zero attached hydrogens (tertiary/aromatic N) is 1. The molecule has 4 nitrogen and oxygen atoms in total. The number of aryl methyl sites for hydroxylation is 1. The molecule has 2 N–H and O–H groups in total. The van der Waals surface area contributed by atoms with Gasteiger partial charge in [-0.2, -0.15) is 0 Å². The number of nitrogens with one attached hydrogen (secondary N) is 1. The number of aliphatic hydroxyl groups is 1. The summed E-state index contributed by atoms with van der Waals surface area (Å²) >= 11 is 0. The Bertz CT molecular complexity index is 476. The SMILES string of the molecule is Cc1ccccc1CNC(=O)N(C)CC1CCCCC1O. The van der Waals surface area contributed by atoms with E-state index in [1.165, 1.54) is 5.56 Å². The van der Waals surface area contributed by atoms with Gasteiger partial charge in [0.2, 0.25) is 0 Å². The Balaban J connectivity index is 1.81. The molecular weight excluding hydrogens is 264 g/mol. The molecule has 21 heavy (non-hydrogen) atoms. The number of amides is 2. The lowest BCUT2D eigenvalue weighted by atomic mass is 9.86. The molecular formula is C17H26N2O2. The quantitative estimate of drug-likeness (QED) is 0.896. The molecule has 1 aromatic carbocycles. The Morgan fingerprint density at radius 2 is 2.05 bits per heavy atom. The van der Waals surface area contributed by atoms with Crippen molar-refractivity contribution in [3.05, 3.63) is 35.4 Å². The van der Waals surface area contributed by atoms with Crippen LogP contribution in [-0.2, 0) is 6.54 Å². The average Bonchev–Trinajstić information content (AvgIpc) is 2.48. The van der Waals surface area contributed by atoms with Crippen LogP contribution in [0.4, 0.5) is 4.79 Å². The molecule has 2 atom stereocenters. The Morgan fingerprint density at radius 3 is 2.76 bits per heavy atom. The van der Waals surface area contributed by atoms with Crippen LogP contribution in [0.15, 0.2) is 24.3 Å². The Kier molecular flexibility index (Phi) is 5.62. The van der Waals surface area contributed by atoms with Crippen molar-refractivity contribution >= 4 is 6.03 Å². The summed E-state index contributed by atoms with van der Waals surface area (Å²) in [6, 6.07) is 7.98. The van der Waals surface area contributed by atoms with Gasteiger partial charge < -0.3 is 15.3 Å². The molecule has 0 heterocycles. The lowest BCUT2D eigenvalue weighted by Crippen LogP contribution is -2.42. The predicted octanol–water partition coefficient (Wildman–Crippen LogP) is 2.69.